The minimum atomic E-state index is -0.377. The van der Waals surface area contributed by atoms with E-state index in [0.717, 1.165) is 65.1 Å². The molecule has 5 aromatic carbocycles. The van der Waals surface area contributed by atoms with E-state index >= 15 is 0 Å². The number of nitrogens with two attached hydrogens (primary N) is 4. The summed E-state index contributed by atoms with van der Waals surface area (Å²) in [5.74, 6) is -1.12. The summed E-state index contributed by atoms with van der Waals surface area (Å²) in [7, 11) is 1.58. The number of nitrogens with one attached hydrogen (secondary N) is 8. The molecule has 1 aliphatic carbocycles. The van der Waals surface area contributed by atoms with Crippen LogP contribution in [0.3, 0.4) is 0 Å². The van der Waals surface area contributed by atoms with Crippen molar-refractivity contribution in [2.45, 2.75) is 77.0 Å². The summed E-state index contributed by atoms with van der Waals surface area (Å²) in [5.41, 5.74) is 30.9. The molecule has 0 atom stereocenters. The minimum absolute atomic E-state index is 0.244. The fourth-order valence-corrected chi connectivity index (χ4v) is 10.1. The lowest BCUT2D eigenvalue weighted by Gasteiger charge is -2.05. The first kappa shape index (κ1) is 65.0. The number of aryl methyl sites for hydroxylation is 5. The summed E-state index contributed by atoms with van der Waals surface area (Å²) >= 11 is 6.00. The summed E-state index contributed by atoms with van der Waals surface area (Å²) in [6.07, 6.45) is 8.27. The number of H-pyrrole nitrogens is 4. The second-order valence-electron chi connectivity index (χ2n) is 21.0. The Morgan fingerprint density at radius 1 is 0.511 bits per heavy atom. The zero-order valence-corrected chi connectivity index (χ0v) is 49.9. The van der Waals surface area contributed by atoms with Gasteiger partial charge in [-0.2, -0.15) is 18.7 Å². The van der Waals surface area contributed by atoms with Gasteiger partial charge >= 0.3 is 0 Å². The third-order valence-electron chi connectivity index (χ3n) is 14.7. The monoisotopic (exact) mass is 1250 g/mol. The number of hydrogen-bond donors (Lipinski definition) is 12. The molecule has 26 heteroatoms. The van der Waals surface area contributed by atoms with Crippen LogP contribution in [-0.4, -0.2) is 75.1 Å². The predicted octanol–water partition coefficient (Wildman–Crippen LogP) is 7.81. The van der Waals surface area contributed by atoms with Crippen molar-refractivity contribution in [1.29, 1.82) is 21.6 Å². The zero-order valence-electron chi connectivity index (χ0n) is 49.1. The Labute approximate surface area is 517 Å². The van der Waals surface area contributed by atoms with Crippen molar-refractivity contribution in [3.05, 3.63) is 266 Å². The maximum atomic E-state index is 13.0. The first-order valence-corrected chi connectivity index (χ1v) is 28.7. The average Bonchev–Trinajstić information content (AvgIpc) is 1.80. The molecule has 466 valence electrons. The molecule has 90 heavy (non-hydrogen) atoms. The zero-order chi connectivity index (χ0) is 64.8. The van der Waals surface area contributed by atoms with Crippen molar-refractivity contribution in [2.75, 3.05) is 7.11 Å². The Morgan fingerprint density at radius 3 is 1.38 bits per heavy atom. The van der Waals surface area contributed by atoms with Crippen LogP contribution in [0.1, 0.15) is 74.7 Å². The number of halogens is 4. The third-order valence-corrected chi connectivity index (χ3v) is 15.0. The van der Waals surface area contributed by atoms with Gasteiger partial charge in [0, 0.05) is 56.3 Å². The topological polar surface area (TPSA) is 373 Å². The number of aromatic nitrogens is 9. The number of benzene rings is 5. The number of methoxy groups -OCH3 is 1. The van der Waals surface area contributed by atoms with E-state index < -0.39 is 0 Å². The van der Waals surface area contributed by atoms with Gasteiger partial charge in [0.15, 0.2) is 0 Å². The highest BCUT2D eigenvalue weighted by Gasteiger charge is 2.30. The lowest BCUT2D eigenvalue weighted by Crippen LogP contribution is -2.31. The second-order valence-corrected chi connectivity index (χ2v) is 21.4. The van der Waals surface area contributed by atoms with Gasteiger partial charge in [0.1, 0.15) is 23.2 Å². The largest absolute Gasteiger partial charge is 0.497 e. The highest BCUT2D eigenvalue weighted by Crippen LogP contribution is 2.40. The molecule has 1 fully saturated rings. The Hall–Kier alpha value is -11.0. The van der Waals surface area contributed by atoms with E-state index in [1.54, 1.807) is 80.9 Å². The molecule has 22 nitrogen and oxygen atoms in total. The molecule has 11 rings (SSSR count). The number of ether oxygens (including phenoxy) is 1. The van der Waals surface area contributed by atoms with Gasteiger partial charge in [-0.15, -0.1) is 0 Å². The van der Waals surface area contributed by atoms with Crippen LogP contribution < -0.4 is 49.9 Å². The van der Waals surface area contributed by atoms with E-state index in [-0.39, 0.29) is 63.5 Å². The molecule has 0 aliphatic heterocycles. The van der Waals surface area contributed by atoms with Crippen LogP contribution in [0.4, 0.5) is 13.2 Å². The molecule has 5 aromatic heterocycles. The lowest BCUT2D eigenvalue weighted by molar-refractivity contribution is 0.415. The van der Waals surface area contributed by atoms with Crippen LogP contribution in [0.25, 0.3) is 22.6 Å². The van der Waals surface area contributed by atoms with Crippen molar-refractivity contribution in [2.24, 2.45) is 22.9 Å². The van der Waals surface area contributed by atoms with Crippen molar-refractivity contribution in [3.63, 3.8) is 0 Å². The van der Waals surface area contributed by atoms with E-state index in [2.05, 4.69) is 25.4 Å². The molecule has 1 aliphatic rings. The van der Waals surface area contributed by atoms with Crippen LogP contribution >= 0.6 is 11.6 Å². The van der Waals surface area contributed by atoms with Crippen LogP contribution in [0, 0.1) is 46.0 Å². The van der Waals surface area contributed by atoms with Gasteiger partial charge < -0.3 is 27.7 Å². The van der Waals surface area contributed by atoms with Gasteiger partial charge in [-0.25, -0.2) is 13.2 Å². The molecule has 1 saturated carbocycles. The number of nitrogen functional groups attached to an aromatic ring is 4. The first-order valence-electron chi connectivity index (χ1n) is 28.3. The Bertz CT molecular complexity index is 4410. The van der Waals surface area contributed by atoms with E-state index in [0.29, 0.717) is 113 Å². The molecule has 0 unspecified atom stereocenters. The summed E-state index contributed by atoms with van der Waals surface area (Å²) in [6.45, 7) is 1.76. The van der Waals surface area contributed by atoms with Crippen molar-refractivity contribution >= 4 is 35.4 Å². The molecular formula is C64H67ClF3N17O5. The molecule has 16 N–H and O–H groups in total. The highest BCUT2D eigenvalue weighted by molar-refractivity contribution is 6.30. The summed E-state index contributed by atoms with van der Waals surface area (Å²) in [5, 5.41) is 42.0. The van der Waals surface area contributed by atoms with Gasteiger partial charge in [0.2, 0.25) is 23.8 Å². The fraction of sp³-hybridized carbons (Fsp3) is 0.203. The SMILES string of the molecule is COc1ccc(-c2[nH]n(C(=N)N)c(=O)c2CCc2ccc(F)cc2)cc1.Cc1[nH]n(C(=N)N)c(=O)c1CCc1ccc(F)cc1.N=C(N)n1[nH]c(-c2ccccn2)c(CCc2cccc(Cl)c2)c1=O.N=C(N)n1[nH]c(C2CC2)c(CCc2ccc(F)cc2)c1=O. The van der Waals surface area contributed by atoms with Crippen LogP contribution in [-0.2, 0) is 51.4 Å². The summed E-state index contributed by atoms with van der Waals surface area (Å²) in [6, 6.07) is 38.9. The predicted molar refractivity (Wildman–Crippen MR) is 342 cm³/mol. The maximum Gasteiger partial charge on any atom is 0.277 e. The van der Waals surface area contributed by atoms with Gasteiger partial charge in [-0.1, -0.05) is 66.2 Å². The summed E-state index contributed by atoms with van der Waals surface area (Å²) in [4.78, 5) is 53.7. The molecule has 0 spiro atoms. The number of aromatic amines is 4. The normalized spacial score (nSPS) is 11.5. The smallest absolute Gasteiger partial charge is 0.277 e. The number of rotatable bonds is 16. The van der Waals surface area contributed by atoms with E-state index in [1.165, 1.54) is 36.4 Å². The van der Waals surface area contributed by atoms with Crippen molar-refractivity contribution in [1.82, 2.24) is 44.1 Å². The standard InChI is InChI=1S/C19H19FN4O2.C17H16ClN5O.C15H17FN4O.C13H15FN4O/c1-26-15-9-5-13(6-10-15)17-16(18(25)24(23-17)19(21)22)11-4-12-2-7-14(20)8-3-12;18-12-5-3-4-11(10-12)7-8-13-15(14-6-1-2-9-21-14)22-23(16(13)24)17(19)20;16-11-6-1-9(2-7-11)3-8-12-13(10-4-5-10)19-20(14(12)21)15(17)18;1-8-11(12(19)18(17-8)13(15)16)7-4-9-2-5-10(14)6-3-9/h2-3,5-10,23H,4,11H2,1H3,(H3,21,22);1-6,9-10,22H,7-8H2,(H3,19,20);1-2,6-7,10,19H,3-5,8H2,(H3,17,18);2-3,5-6,17H,4,7H2,1H3,(H3,15,16). The van der Waals surface area contributed by atoms with Crippen LogP contribution in [0.2, 0.25) is 5.02 Å². The number of pyridine rings is 1. The van der Waals surface area contributed by atoms with Gasteiger partial charge in [0.25, 0.3) is 22.2 Å². The molecule has 10 aromatic rings. The molecule has 5 heterocycles. The van der Waals surface area contributed by atoms with E-state index in [4.69, 9.17) is 60.9 Å². The Balaban J connectivity index is 0.000000156. The Kier molecular flexibility index (Phi) is 21.4. The second kappa shape index (κ2) is 29.6. The lowest BCUT2D eigenvalue weighted by atomic mass is 10.0. The van der Waals surface area contributed by atoms with Gasteiger partial charge in [-0.05, 0) is 178 Å². The molecule has 0 saturated heterocycles. The maximum absolute atomic E-state index is 13.0. The fourth-order valence-electron chi connectivity index (χ4n) is 9.84. The highest BCUT2D eigenvalue weighted by atomic mass is 35.5. The molecule has 0 amide bonds. The van der Waals surface area contributed by atoms with Gasteiger partial charge in [-0.3, -0.25) is 66.2 Å². The average molecular weight is 1250 g/mol. The molecule has 0 radical (unpaired) electrons. The number of hydrogen-bond acceptors (Lipinski definition) is 10. The summed E-state index contributed by atoms with van der Waals surface area (Å²) < 4.78 is 48.0. The number of nitrogens with zero attached hydrogens (tertiary/aromatic N) is 5. The van der Waals surface area contributed by atoms with Gasteiger partial charge in [0.05, 0.1) is 24.2 Å². The Morgan fingerprint density at radius 2 is 0.933 bits per heavy atom. The van der Waals surface area contributed by atoms with E-state index in [1.807, 2.05) is 42.5 Å². The minimum Gasteiger partial charge on any atom is -0.497 e. The molecular weight excluding hydrogens is 1180 g/mol. The quantitative estimate of drug-likeness (QED) is 0.0329. The van der Waals surface area contributed by atoms with E-state index in [9.17, 15) is 32.3 Å². The van der Waals surface area contributed by atoms with Crippen molar-refractivity contribution in [3.8, 4) is 28.4 Å². The molecule has 0 bridgehead atoms. The third kappa shape index (κ3) is 16.6. The van der Waals surface area contributed by atoms with Crippen molar-refractivity contribution < 1.29 is 17.9 Å². The van der Waals surface area contributed by atoms with Crippen LogP contribution in [0.15, 0.2) is 165 Å². The van der Waals surface area contributed by atoms with Crippen LogP contribution in [0.5, 0.6) is 5.75 Å². The first-order chi connectivity index (χ1) is 43.1.